The van der Waals surface area contributed by atoms with Gasteiger partial charge in [0, 0.05) is 6.20 Å². The van der Waals surface area contributed by atoms with Gasteiger partial charge in [-0.15, -0.1) is 0 Å². The van der Waals surface area contributed by atoms with Crippen LogP contribution in [0.2, 0.25) is 19.6 Å². The topological polar surface area (TPSA) is 12.5 Å². The molecule has 0 saturated heterocycles. The fourth-order valence-corrected chi connectivity index (χ4v) is 2.33. The molecular weight excluding hydrogens is 238 g/mol. The Labute approximate surface area is 112 Å². The van der Waals surface area contributed by atoms with Gasteiger partial charge in [0.05, 0.1) is 5.54 Å². The maximum absolute atomic E-state index is 6.11. The molecule has 1 rings (SSSR count). The quantitative estimate of drug-likeness (QED) is 0.585. The summed E-state index contributed by atoms with van der Waals surface area (Å²) >= 11 is 0. The van der Waals surface area contributed by atoms with E-state index in [0.717, 1.165) is 0 Å². The van der Waals surface area contributed by atoms with Crippen LogP contribution in [-0.2, 0) is 4.53 Å². The molecule has 0 saturated carbocycles. The van der Waals surface area contributed by atoms with Crippen LogP contribution in [0.5, 0.6) is 0 Å². The minimum Gasteiger partial charge on any atom is -0.320 e. The zero-order valence-corrected chi connectivity index (χ0v) is 13.4. The molecule has 100 valence electrons. The summed E-state index contributed by atoms with van der Waals surface area (Å²) in [6.07, 6.45) is 4.12. The van der Waals surface area contributed by atoms with Gasteiger partial charge in [-0.25, -0.2) is 0 Å². The second kappa shape index (κ2) is 5.72. The first-order valence-corrected chi connectivity index (χ1v) is 9.81. The number of hydroxylamine groups is 2. The molecular formula is C15H25NOSi. The summed E-state index contributed by atoms with van der Waals surface area (Å²) in [4.78, 5) is 0. The molecule has 0 spiro atoms. The van der Waals surface area contributed by atoms with Gasteiger partial charge in [0.25, 0.3) is 0 Å². The Morgan fingerprint density at radius 3 is 2.06 bits per heavy atom. The van der Waals surface area contributed by atoms with Crippen LogP contribution >= 0.6 is 0 Å². The molecule has 1 aromatic rings. The molecule has 1 aromatic carbocycles. The maximum atomic E-state index is 6.11. The Morgan fingerprint density at radius 2 is 1.61 bits per heavy atom. The van der Waals surface area contributed by atoms with Gasteiger partial charge in [-0.05, 0) is 52.1 Å². The minimum atomic E-state index is -1.59. The maximum Gasteiger partial charge on any atom is 0.220 e. The monoisotopic (exact) mass is 263 g/mol. The minimum absolute atomic E-state index is 0.0362. The number of benzene rings is 1. The molecule has 0 aliphatic rings. The molecule has 0 radical (unpaired) electrons. The van der Waals surface area contributed by atoms with Crippen LogP contribution in [0, 0.1) is 0 Å². The summed E-state index contributed by atoms with van der Waals surface area (Å²) in [5, 5.41) is 1.98. The molecule has 0 N–H and O–H groups in total. The lowest BCUT2D eigenvalue weighted by Crippen LogP contribution is -2.44. The Kier molecular flexibility index (Phi) is 4.76. The fraction of sp³-hybridized carbons (Fsp3) is 0.467. The van der Waals surface area contributed by atoms with Crippen molar-refractivity contribution in [3.05, 3.63) is 42.1 Å². The smallest absolute Gasteiger partial charge is 0.220 e. The van der Waals surface area contributed by atoms with Crippen molar-refractivity contribution < 1.29 is 4.53 Å². The van der Waals surface area contributed by atoms with Gasteiger partial charge >= 0.3 is 0 Å². The van der Waals surface area contributed by atoms with E-state index in [1.165, 1.54) is 5.56 Å². The summed E-state index contributed by atoms with van der Waals surface area (Å²) in [5.74, 6) is 0. The number of nitrogens with zero attached hydrogens (tertiary/aromatic N) is 1. The highest BCUT2D eigenvalue weighted by Crippen LogP contribution is 2.19. The van der Waals surface area contributed by atoms with Gasteiger partial charge in [0.15, 0.2) is 0 Å². The van der Waals surface area contributed by atoms with Gasteiger partial charge < -0.3 is 4.53 Å². The van der Waals surface area contributed by atoms with Crippen molar-refractivity contribution >= 4 is 14.4 Å². The third-order valence-corrected chi connectivity index (χ3v) is 2.98. The standard InChI is InChI=1S/C15H25NOSi/c1-15(2,3)16(17-18(4,5)6)13-12-14-10-8-7-9-11-14/h7-13H,1-6H3/b13-12+. The van der Waals surface area contributed by atoms with Crippen LogP contribution < -0.4 is 0 Å². The van der Waals surface area contributed by atoms with E-state index >= 15 is 0 Å². The van der Waals surface area contributed by atoms with Crippen LogP contribution in [0.15, 0.2) is 36.5 Å². The van der Waals surface area contributed by atoms with Crippen molar-refractivity contribution in [3.8, 4) is 0 Å². The van der Waals surface area contributed by atoms with Gasteiger partial charge in [0.2, 0.25) is 8.32 Å². The Bertz CT molecular complexity index is 387. The molecule has 0 amide bonds. The van der Waals surface area contributed by atoms with E-state index in [0.29, 0.717) is 0 Å². The highest BCUT2D eigenvalue weighted by atomic mass is 28.4. The number of hydrogen-bond donors (Lipinski definition) is 0. The van der Waals surface area contributed by atoms with Gasteiger partial charge in [0.1, 0.15) is 0 Å². The van der Waals surface area contributed by atoms with Crippen LogP contribution in [0.25, 0.3) is 6.08 Å². The van der Waals surface area contributed by atoms with Crippen molar-refractivity contribution in [2.24, 2.45) is 0 Å². The summed E-state index contributed by atoms with van der Waals surface area (Å²) in [5.41, 5.74) is 1.15. The zero-order chi connectivity index (χ0) is 13.8. The zero-order valence-electron chi connectivity index (χ0n) is 12.4. The lowest BCUT2D eigenvalue weighted by molar-refractivity contribution is -0.0874. The molecule has 0 fully saturated rings. The molecule has 0 aliphatic heterocycles. The van der Waals surface area contributed by atoms with Crippen molar-refractivity contribution in [2.75, 3.05) is 0 Å². The van der Waals surface area contributed by atoms with Crippen LogP contribution in [0.1, 0.15) is 26.3 Å². The third-order valence-electron chi connectivity index (χ3n) is 2.24. The van der Waals surface area contributed by atoms with E-state index in [1.807, 2.05) is 29.5 Å². The predicted octanol–water partition coefficient (Wildman–Crippen LogP) is 4.52. The van der Waals surface area contributed by atoms with Gasteiger partial charge in [-0.2, -0.15) is 0 Å². The first-order chi connectivity index (χ1) is 8.18. The molecule has 0 aliphatic carbocycles. The summed E-state index contributed by atoms with van der Waals surface area (Å²) in [7, 11) is -1.59. The number of hydrogen-bond acceptors (Lipinski definition) is 2. The van der Waals surface area contributed by atoms with Crippen LogP contribution in [0.4, 0.5) is 0 Å². The SMILES string of the molecule is CC(C)(C)N(/C=C/c1ccccc1)O[Si](C)(C)C. The van der Waals surface area contributed by atoms with E-state index in [2.05, 4.69) is 58.6 Å². The van der Waals surface area contributed by atoms with E-state index < -0.39 is 8.32 Å². The molecule has 0 aromatic heterocycles. The second-order valence-corrected chi connectivity index (χ2v) is 10.8. The van der Waals surface area contributed by atoms with E-state index in [4.69, 9.17) is 4.53 Å². The molecule has 0 heterocycles. The highest BCUT2D eigenvalue weighted by molar-refractivity contribution is 6.69. The summed E-state index contributed by atoms with van der Waals surface area (Å²) in [6.45, 7) is 13.1. The fourth-order valence-electron chi connectivity index (χ4n) is 1.40. The largest absolute Gasteiger partial charge is 0.320 e. The third kappa shape index (κ3) is 5.51. The number of rotatable bonds is 4. The van der Waals surface area contributed by atoms with E-state index in [1.54, 1.807) is 0 Å². The molecule has 0 bridgehead atoms. The van der Waals surface area contributed by atoms with Crippen molar-refractivity contribution in [2.45, 2.75) is 46.0 Å². The summed E-state index contributed by atoms with van der Waals surface area (Å²) < 4.78 is 6.11. The molecule has 0 atom stereocenters. The van der Waals surface area contributed by atoms with Crippen molar-refractivity contribution in [1.29, 1.82) is 0 Å². The summed E-state index contributed by atoms with van der Waals surface area (Å²) in [6, 6.07) is 10.3. The van der Waals surface area contributed by atoms with E-state index in [-0.39, 0.29) is 5.54 Å². The predicted molar refractivity (Wildman–Crippen MR) is 81.5 cm³/mol. The Morgan fingerprint density at radius 1 is 1.06 bits per heavy atom. The molecule has 18 heavy (non-hydrogen) atoms. The normalized spacial score (nSPS) is 13.0. The first-order valence-electron chi connectivity index (χ1n) is 6.40. The molecule has 3 heteroatoms. The van der Waals surface area contributed by atoms with Crippen LogP contribution in [-0.4, -0.2) is 18.9 Å². The van der Waals surface area contributed by atoms with Gasteiger partial charge in [-0.1, -0.05) is 30.3 Å². The first kappa shape index (κ1) is 15.0. The lowest BCUT2D eigenvalue weighted by atomic mass is 10.1. The lowest BCUT2D eigenvalue weighted by Gasteiger charge is -2.38. The van der Waals surface area contributed by atoms with Crippen LogP contribution in [0.3, 0.4) is 0 Å². The van der Waals surface area contributed by atoms with Crippen molar-refractivity contribution in [3.63, 3.8) is 0 Å². The van der Waals surface area contributed by atoms with Gasteiger partial charge in [-0.3, -0.25) is 5.06 Å². The Hall–Kier alpha value is -1.06. The molecule has 0 unspecified atom stereocenters. The average molecular weight is 263 g/mol. The Balaban J connectivity index is 2.83. The molecule has 2 nitrogen and oxygen atoms in total. The van der Waals surface area contributed by atoms with E-state index in [9.17, 15) is 0 Å². The second-order valence-electron chi connectivity index (χ2n) is 6.43. The van der Waals surface area contributed by atoms with Crippen molar-refractivity contribution in [1.82, 2.24) is 5.06 Å². The average Bonchev–Trinajstić information content (AvgIpc) is 2.22. The highest BCUT2D eigenvalue weighted by Gasteiger charge is 2.25.